The summed E-state index contributed by atoms with van der Waals surface area (Å²) in [5, 5.41) is 0. The molecule has 0 saturated carbocycles. The molecule has 0 bridgehead atoms. The number of sulfonamides is 1. The number of rotatable bonds is 3. The highest BCUT2D eigenvalue weighted by molar-refractivity contribution is 8.13. The van der Waals surface area contributed by atoms with Crippen LogP contribution < -0.4 is 4.72 Å². The molecule has 5 nitrogen and oxygen atoms in total. The van der Waals surface area contributed by atoms with Crippen molar-refractivity contribution in [1.82, 2.24) is 4.72 Å². The summed E-state index contributed by atoms with van der Waals surface area (Å²) < 4.78 is 48.7. The van der Waals surface area contributed by atoms with Crippen molar-refractivity contribution in [2.75, 3.05) is 0 Å². The average molecular weight is 312 g/mol. The fraction of sp³-hybridized carbons (Fsp3) is 0.400. The molecule has 8 heteroatoms. The molecule has 0 radical (unpaired) electrons. The monoisotopic (exact) mass is 311 g/mol. The number of nitrogens with one attached hydrogen (secondary N) is 1. The summed E-state index contributed by atoms with van der Waals surface area (Å²) in [4.78, 5) is -0.389. The van der Waals surface area contributed by atoms with E-state index in [0.717, 1.165) is 6.07 Å². The summed E-state index contributed by atoms with van der Waals surface area (Å²) in [5.74, 6) is 0. The normalized spacial score (nSPS) is 13.6. The van der Waals surface area contributed by atoms with Gasteiger partial charge in [0, 0.05) is 16.2 Å². The Bertz CT molecular complexity index is 645. The topological polar surface area (TPSA) is 80.3 Å². The molecule has 1 rings (SSSR count). The molecule has 102 valence electrons. The number of hydrogen-bond donors (Lipinski definition) is 1. The Balaban J connectivity index is 3.28. The summed E-state index contributed by atoms with van der Waals surface area (Å²) in [6.07, 6.45) is 0. The summed E-state index contributed by atoms with van der Waals surface area (Å²) >= 11 is 0. The van der Waals surface area contributed by atoms with Gasteiger partial charge in [-0.3, -0.25) is 0 Å². The van der Waals surface area contributed by atoms with Gasteiger partial charge in [-0.05, 0) is 39.0 Å². The van der Waals surface area contributed by atoms with Gasteiger partial charge in [0.15, 0.2) is 0 Å². The standard InChI is InChI=1S/C10H14ClNO4S2/c1-10(2,3)12-18(15,16)9-6-4-5-8(7-9)17(11,13)14/h4-7,12H,1-3H3. The van der Waals surface area contributed by atoms with E-state index < -0.39 is 24.6 Å². The van der Waals surface area contributed by atoms with Crippen LogP contribution in [0.3, 0.4) is 0 Å². The van der Waals surface area contributed by atoms with Crippen molar-refractivity contribution in [3.05, 3.63) is 24.3 Å². The molecule has 0 amide bonds. The maximum atomic E-state index is 12.0. The Morgan fingerprint density at radius 2 is 1.56 bits per heavy atom. The van der Waals surface area contributed by atoms with Crippen molar-refractivity contribution in [2.45, 2.75) is 36.1 Å². The first-order valence-electron chi connectivity index (χ1n) is 5.00. The maximum Gasteiger partial charge on any atom is 0.261 e. The first-order chi connectivity index (χ1) is 7.92. The van der Waals surface area contributed by atoms with Crippen LogP contribution in [0.25, 0.3) is 0 Å². The molecule has 0 aromatic heterocycles. The van der Waals surface area contributed by atoms with E-state index >= 15 is 0 Å². The molecule has 1 N–H and O–H groups in total. The summed E-state index contributed by atoms with van der Waals surface area (Å²) in [6, 6.07) is 4.89. The molecule has 1 aromatic carbocycles. The Morgan fingerprint density at radius 1 is 1.06 bits per heavy atom. The second-order valence-electron chi connectivity index (χ2n) is 4.77. The van der Waals surface area contributed by atoms with Gasteiger partial charge in [0.25, 0.3) is 9.05 Å². The van der Waals surface area contributed by atoms with E-state index in [1.807, 2.05) is 0 Å². The lowest BCUT2D eigenvalue weighted by molar-refractivity contribution is 0.491. The zero-order valence-corrected chi connectivity index (χ0v) is 12.5. The molecule has 0 aliphatic heterocycles. The summed E-state index contributed by atoms with van der Waals surface area (Å²) in [6.45, 7) is 5.06. The molecule has 0 unspecified atom stereocenters. The Hall–Kier alpha value is -0.630. The Morgan fingerprint density at radius 3 is 2.00 bits per heavy atom. The van der Waals surface area contributed by atoms with E-state index in [-0.39, 0.29) is 9.79 Å². The van der Waals surface area contributed by atoms with Crippen LogP contribution in [0.5, 0.6) is 0 Å². The van der Waals surface area contributed by atoms with E-state index in [9.17, 15) is 16.8 Å². The number of benzene rings is 1. The Labute approximate surface area is 112 Å². The maximum absolute atomic E-state index is 12.0. The van der Waals surface area contributed by atoms with Crippen molar-refractivity contribution in [3.8, 4) is 0 Å². The predicted octanol–water partition coefficient (Wildman–Crippen LogP) is 1.69. The SMILES string of the molecule is CC(C)(C)NS(=O)(=O)c1cccc(S(=O)(=O)Cl)c1. The van der Waals surface area contributed by atoms with Crippen molar-refractivity contribution in [1.29, 1.82) is 0 Å². The van der Waals surface area contributed by atoms with E-state index in [0.29, 0.717) is 0 Å². The minimum atomic E-state index is -3.95. The zero-order valence-electron chi connectivity index (χ0n) is 10.1. The first kappa shape index (κ1) is 15.4. The van der Waals surface area contributed by atoms with Gasteiger partial charge in [-0.2, -0.15) is 0 Å². The van der Waals surface area contributed by atoms with Gasteiger partial charge < -0.3 is 0 Å². The first-order valence-corrected chi connectivity index (χ1v) is 8.80. The smallest absolute Gasteiger partial charge is 0.207 e. The number of halogens is 1. The van der Waals surface area contributed by atoms with Gasteiger partial charge in [-0.25, -0.2) is 21.6 Å². The fourth-order valence-electron chi connectivity index (χ4n) is 1.26. The largest absolute Gasteiger partial charge is 0.261 e. The quantitative estimate of drug-likeness (QED) is 0.861. The molecule has 18 heavy (non-hydrogen) atoms. The van der Waals surface area contributed by atoms with Gasteiger partial charge >= 0.3 is 0 Å². The molecule has 0 aliphatic carbocycles. The highest BCUT2D eigenvalue weighted by Gasteiger charge is 2.23. The molecule has 0 spiro atoms. The van der Waals surface area contributed by atoms with E-state index in [1.54, 1.807) is 20.8 Å². The van der Waals surface area contributed by atoms with Crippen LogP contribution in [0.2, 0.25) is 0 Å². The second-order valence-corrected chi connectivity index (χ2v) is 9.02. The second kappa shape index (κ2) is 4.80. The van der Waals surface area contributed by atoms with Gasteiger partial charge in [0.05, 0.1) is 9.79 Å². The van der Waals surface area contributed by atoms with Crippen LogP contribution in [0.1, 0.15) is 20.8 Å². The third-order valence-corrected chi connectivity index (χ3v) is 4.95. The van der Waals surface area contributed by atoms with Crippen LogP contribution in [-0.2, 0) is 19.1 Å². The summed E-state index contributed by atoms with van der Waals surface area (Å²) in [5.41, 5.74) is -0.658. The van der Waals surface area contributed by atoms with Crippen molar-refractivity contribution >= 4 is 29.8 Å². The van der Waals surface area contributed by atoms with Gasteiger partial charge in [-0.15, -0.1) is 0 Å². The number of hydrogen-bond acceptors (Lipinski definition) is 4. The lowest BCUT2D eigenvalue weighted by Crippen LogP contribution is -2.40. The van der Waals surface area contributed by atoms with Crippen LogP contribution in [-0.4, -0.2) is 22.4 Å². The molecule has 0 aliphatic rings. The zero-order chi connectivity index (χ0) is 14.2. The Kier molecular flexibility index (Phi) is 4.12. The minimum Gasteiger partial charge on any atom is -0.207 e. The lowest BCUT2D eigenvalue weighted by atomic mass is 10.1. The predicted molar refractivity (Wildman–Crippen MR) is 69.6 cm³/mol. The van der Waals surface area contributed by atoms with Crippen LogP contribution in [0, 0.1) is 0 Å². The minimum absolute atomic E-state index is 0.140. The van der Waals surface area contributed by atoms with Crippen molar-refractivity contribution in [3.63, 3.8) is 0 Å². The van der Waals surface area contributed by atoms with E-state index in [2.05, 4.69) is 4.72 Å². The van der Waals surface area contributed by atoms with E-state index in [4.69, 9.17) is 10.7 Å². The van der Waals surface area contributed by atoms with E-state index in [1.165, 1.54) is 18.2 Å². The lowest BCUT2D eigenvalue weighted by Gasteiger charge is -2.20. The molecule has 1 aromatic rings. The highest BCUT2D eigenvalue weighted by atomic mass is 35.7. The van der Waals surface area contributed by atoms with Crippen LogP contribution in [0.15, 0.2) is 34.1 Å². The molecule has 0 fully saturated rings. The highest BCUT2D eigenvalue weighted by Crippen LogP contribution is 2.20. The molecule has 0 saturated heterocycles. The van der Waals surface area contributed by atoms with Crippen molar-refractivity contribution < 1.29 is 16.8 Å². The molecule has 0 heterocycles. The van der Waals surface area contributed by atoms with Gasteiger partial charge in [-0.1, -0.05) is 6.07 Å². The molecular formula is C10H14ClNO4S2. The van der Waals surface area contributed by atoms with Gasteiger partial charge in [0.2, 0.25) is 10.0 Å². The average Bonchev–Trinajstić information content (AvgIpc) is 2.13. The van der Waals surface area contributed by atoms with Crippen LogP contribution >= 0.6 is 10.7 Å². The van der Waals surface area contributed by atoms with Crippen molar-refractivity contribution in [2.24, 2.45) is 0 Å². The van der Waals surface area contributed by atoms with Crippen LogP contribution in [0.4, 0.5) is 0 Å². The van der Waals surface area contributed by atoms with Gasteiger partial charge in [0.1, 0.15) is 0 Å². The molecule has 0 atom stereocenters. The molecular weight excluding hydrogens is 298 g/mol. The fourth-order valence-corrected chi connectivity index (χ4v) is 3.59. The third kappa shape index (κ3) is 4.24. The summed E-state index contributed by atoms with van der Waals surface area (Å²) in [7, 11) is -2.55. The third-order valence-electron chi connectivity index (χ3n) is 1.84.